The molecule has 4 aromatic rings. The van der Waals surface area contributed by atoms with Gasteiger partial charge < -0.3 is 22.2 Å². The summed E-state index contributed by atoms with van der Waals surface area (Å²) in [7, 11) is 0. The predicted octanol–water partition coefficient (Wildman–Crippen LogP) is 2.27. The quantitative estimate of drug-likeness (QED) is 0.289. The second-order valence-electron chi connectivity index (χ2n) is 8.36. The van der Waals surface area contributed by atoms with Crippen LogP contribution in [-0.4, -0.2) is 38.0 Å². The molecule has 188 valence electrons. The number of primary amides is 1. The summed E-state index contributed by atoms with van der Waals surface area (Å²) in [5.41, 5.74) is 6.27. The maximum Gasteiger partial charge on any atom is 1.00 e. The standard InChI is InChI=1S/C24H20ClF2N5O3S.Na.H/c25-16-7-6-15-21(19(16)27)32(13-10-30-31(11-13)9-8-29-24(28)35)20(12-4-5-12)22(15)36-17-3-1-2-14(18(17)26)23(33)34;;/h1-3,6-7,10-12H,4-5,8-9H2,(H,33,34)(H3,28,29,35);;/q;+1;-1. The Labute approximate surface area is 242 Å². The molecule has 0 radical (unpaired) electrons. The second kappa shape index (κ2) is 11.0. The van der Waals surface area contributed by atoms with Crippen molar-refractivity contribution >= 4 is 46.3 Å². The molecule has 2 aromatic heterocycles. The maximum atomic E-state index is 15.5. The number of nitrogens with one attached hydrogen (secondary N) is 1. The molecular weight excluding hydrogens is 535 g/mol. The van der Waals surface area contributed by atoms with E-state index in [1.807, 2.05) is 0 Å². The molecule has 2 aromatic carbocycles. The van der Waals surface area contributed by atoms with E-state index in [1.54, 1.807) is 27.7 Å². The largest absolute Gasteiger partial charge is 1.00 e. The number of benzene rings is 2. The zero-order chi connectivity index (χ0) is 25.6. The third-order valence-corrected chi connectivity index (χ3v) is 7.36. The van der Waals surface area contributed by atoms with Crippen molar-refractivity contribution in [3.05, 3.63) is 70.6 Å². The molecule has 13 heteroatoms. The van der Waals surface area contributed by atoms with Crippen LogP contribution >= 0.6 is 23.4 Å². The third kappa shape index (κ3) is 5.37. The molecular formula is C24H21ClF2N5NaO3S. The van der Waals surface area contributed by atoms with E-state index in [0.717, 1.165) is 30.3 Å². The van der Waals surface area contributed by atoms with Crippen LogP contribution in [0.1, 0.15) is 36.2 Å². The Morgan fingerprint density at radius 1 is 1.24 bits per heavy atom. The number of carbonyl (C=O) groups is 2. The molecule has 4 N–H and O–H groups in total. The Kier molecular flexibility index (Phi) is 8.20. The molecule has 2 heterocycles. The van der Waals surface area contributed by atoms with E-state index in [-0.39, 0.29) is 58.9 Å². The van der Waals surface area contributed by atoms with Crippen molar-refractivity contribution in [2.24, 2.45) is 5.73 Å². The third-order valence-electron chi connectivity index (χ3n) is 5.90. The fraction of sp³-hybridized carbons (Fsp3) is 0.208. The molecule has 0 atom stereocenters. The van der Waals surface area contributed by atoms with Crippen LogP contribution in [0.3, 0.4) is 0 Å². The minimum atomic E-state index is -1.36. The number of urea groups is 1. The summed E-state index contributed by atoms with van der Waals surface area (Å²) >= 11 is 7.22. The van der Waals surface area contributed by atoms with E-state index in [1.165, 1.54) is 24.3 Å². The van der Waals surface area contributed by atoms with Crippen molar-refractivity contribution in [2.45, 2.75) is 35.1 Å². The number of halogens is 3. The monoisotopic (exact) mass is 555 g/mol. The van der Waals surface area contributed by atoms with E-state index >= 15 is 8.78 Å². The Balaban J connectivity index is 0.00000200. The van der Waals surface area contributed by atoms with Gasteiger partial charge in [-0.3, -0.25) is 4.68 Å². The van der Waals surface area contributed by atoms with Gasteiger partial charge in [0.2, 0.25) is 0 Å². The van der Waals surface area contributed by atoms with Crippen molar-refractivity contribution in [3.8, 4) is 5.69 Å². The first-order chi connectivity index (χ1) is 17.3. The molecule has 0 aliphatic heterocycles. The molecule has 5 rings (SSSR count). The van der Waals surface area contributed by atoms with E-state index in [2.05, 4.69) is 10.4 Å². The number of carboxylic acid groups (broad SMARTS) is 1. The number of carboxylic acids is 1. The van der Waals surface area contributed by atoms with Crippen LogP contribution in [0, 0.1) is 11.6 Å². The van der Waals surface area contributed by atoms with Crippen LogP contribution in [0.25, 0.3) is 16.6 Å². The van der Waals surface area contributed by atoms with Crippen molar-refractivity contribution in [2.75, 3.05) is 6.54 Å². The van der Waals surface area contributed by atoms with E-state index < -0.39 is 29.2 Å². The van der Waals surface area contributed by atoms with Crippen LogP contribution in [0.15, 0.2) is 52.5 Å². The molecule has 0 spiro atoms. The van der Waals surface area contributed by atoms with Gasteiger partial charge in [-0.25, -0.2) is 18.4 Å². The zero-order valence-electron chi connectivity index (χ0n) is 20.7. The van der Waals surface area contributed by atoms with Crippen molar-refractivity contribution in [3.63, 3.8) is 0 Å². The van der Waals surface area contributed by atoms with Crippen LogP contribution < -0.4 is 40.6 Å². The van der Waals surface area contributed by atoms with Gasteiger partial charge in [-0.05, 0) is 37.1 Å². The number of hydrogen-bond donors (Lipinski definition) is 3. The molecule has 1 fully saturated rings. The fourth-order valence-electron chi connectivity index (χ4n) is 4.15. The first kappa shape index (κ1) is 27.5. The summed E-state index contributed by atoms with van der Waals surface area (Å²) in [5.74, 6) is -2.73. The fourth-order valence-corrected chi connectivity index (χ4v) is 5.51. The van der Waals surface area contributed by atoms with Crippen LogP contribution in [0.5, 0.6) is 0 Å². The summed E-state index contributed by atoms with van der Waals surface area (Å²) in [6, 6.07) is 6.67. The molecule has 2 amide bonds. The van der Waals surface area contributed by atoms with E-state index in [4.69, 9.17) is 17.3 Å². The molecule has 1 aliphatic carbocycles. The number of amides is 2. The molecule has 0 bridgehead atoms. The maximum absolute atomic E-state index is 15.5. The number of fused-ring (bicyclic) bond motifs is 1. The molecule has 1 saturated carbocycles. The SMILES string of the molecule is NC(=O)NCCn1cc(-n2c(C3CC3)c(Sc3cccc(C(=O)O)c3F)c3ccc(Cl)c(F)c32)cn1.[H-].[Na+]. The first-order valence-corrected chi connectivity index (χ1v) is 12.2. The summed E-state index contributed by atoms with van der Waals surface area (Å²) < 4.78 is 33.9. The number of nitrogens with zero attached hydrogens (tertiary/aromatic N) is 3. The minimum Gasteiger partial charge on any atom is -1.00 e. The number of rotatable bonds is 8. The van der Waals surface area contributed by atoms with Gasteiger partial charge in [0.05, 0.1) is 34.5 Å². The normalized spacial score (nSPS) is 12.9. The van der Waals surface area contributed by atoms with Gasteiger partial charge in [-0.1, -0.05) is 29.4 Å². The van der Waals surface area contributed by atoms with Gasteiger partial charge >= 0.3 is 41.6 Å². The predicted molar refractivity (Wildman–Crippen MR) is 132 cm³/mol. The van der Waals surface area contributed by atoms with Crippen LogP contribution in [0.4, 0.5) is 13.6 Å². The van der Waals surface area contributed by atoms with Crippen molar-refractivity contribution in [1.82, 2.24) is 19.7 Å². The Hall–Kier alpha value is -2.57. The molecule has 0 saturated heterocycles. The first-order valence-electron chi connectivity index (χ1n) is 11.0. The number of aromatic carboxylic acids is 1. The summed E-state index contributed by atoms with van der Waals surface area (Å²) in [6.45, 7) is 0.609. The molecule has 0 unspecified atom stereocenters. The molecule has 8 nitrogen and oxygen atoms in total. The summed E-state index contributed by atoms with van der Waals surface area (Å²) in [4.78, 5) is 23.2. The minimum absolute atomic E-state index is 0. The number of aromatic nitrogens is 3. The summed E-state index contributed by atoms with van der Waals surface area (Å²) in [6.07, 6.45) is 5.03. The van der Waals surface area contributed by atoms with Crippen molar-refractivity contribution in [1.29, 1.82) is 0 Å². The number of carbonyl (C=O) groups excluding carboxylic acids is 1. The average Bonchev–Trinajstić information content (AvgIpc) is 3.47. The van der Waals surface area contributed by atoms with Gasteiger partial charge in [-0.2, -0.15) is 5.10 Å². The Morgan fingerprint density at radius 2 is 2.00 bits per heavy atom. The second-order valence-corrected chi connectivity index (χ2v) is 9.82. The topological polar surface area (TPSA) is 115 Å². The van der Waals surface area contributed by atoms with Crippen molar-refractivity contribution < 1.29 is 54.5 Å². The van der Waals surface area contributed by atoms with E-state index in [0.29, 0.717) is 22.5 Å². The van der Waals surface area contributed by atoms with Gasteiger partial charge in [0.15, 0.2) is 11.6 Å². The average molecular weight is 556 g/mol. The van der Waals surface area contributed by atoms with Gasteiger partial charge in [0.1, 0.15) is 0 Å². The smallest absolute Gasteiger partial charge is 1.00 e. The molecule has 1 aliphatic rings. The van der Waals surface area contributed by atoms with Gasteiger partial charge in [0, 0.05) is 39.5 Å². The Morgan fingerprint density at radius 3 is 2.68 bits per heavy atom. The molecule has 37 heavy (non-hydrogen) atoms. The zero-order valence-corrected chi connectivity index (χ0v) is 23.2. The number of nitrogens with two attached hydrogens (primary N) is 1. The van der Waals surface area contributed by atoms with Crippen LogP contribution in [-0.2, 0) is 6.54 Å². The van der Waals surface area contributed by atoms with Crippen LogP contribution in [0.2, 0.25) is 5.02 Å². The summed E-state index contributed by atoms with van der Waals surface area (Å²) in [5, 5.41) is 16.6. The van der Waals surface area contributed by atoms with Gasteiger partial charge in [0.25, 0.3) is 0 Å². The number of hydrogen-bond acceptors (Lipinski definition) is 4. The Bertz CT molecular complexity index is 1530. The van der Waals surface area contributed by atoms with Gasteiger partial charge in [-0.15, -0.1) is 0 Å². The van der Waals surface area contributed by atoms with E-state index in [9.17, 15) is 14.7 Å².